The predicted octanol–water partition coefficient (Wildman–Crippen LogP) is 2.18. The van der Waals surface area contributed by atoms with E-state index in [1.807, 2.05) is 22.6 Å². The summed E-state index contributed by atoms with van der Waals surface area (Å²) in [6, 6.07) is 5.14. The molecule has 0 saturated heterocycles. The maximum absolute atomic E-state index is 11.4. The van der Waals surface area contributed by atoms with Crippen LogP contribution in [0.25, 0.3) is 10.9 Å². The summed E-state index contributed by atoms with van der Waals surface area (Å²) in [5.74, 6) is 0. The Morgan fingerprint density at radius 3 is 3.00 bits per heavy atom. The molecule has 0 radical (unpaired) electrons. The minimum Gasteiger partial charge on any atom is -0.301 e. The van der Waals surface area contributed by atoms with Gasteiger partial charge in [-0.15, -0.1) is 0 Å². The number of aromatic amines is 1. The van der Waals surface area contributed by atoms with Crippen LogP contribution >= 0.6 is 34.2 Å². The summed E-state index contributed by atoms with van der Waals surface area (Å²) in [6.45, 7) is 0. The van der Waals surface area contributed by atoms with Crippen molar-refractivity contribution < 1.29 is 0 Å². The second-order valence-electron chi connectivity index (χ2n) is 2.49. The van der Waals surface area contributed by atoms with E-state index in [1.165, 1.54) is 0 Å². The first kappa shape index (κ1) is 8.96. The molecule has 1 N–H and O–H groups in total. The molecule has 66 valence electrons. The molecular weight excluding hydrogens is 302 g/mol. The third-order valence-electron chi connectivity index (χ3n) is 1.66. The highest BCUT2D eigenvalue weighted by molar-refractivity contribution is 14.1. The quantitative estimate of drug-likeness (QED) is 0.599. The molecule has 1 aromatic carbocycles. The number of nitrogens with one attached hydrogen (secondary N) is 1. The van der Waals surface area contributed by atoms with E-state index >= 15 is 0 Å². The van der Waals surface area contributed by atoms with Gasteiger partial charge in [-0.25, -0.2) is 4.98 Å². The van der Waals surface area contributed by atoms with E-state index in [2.05, 4.69) is 9.97 Å². The van der Waals surface area contributed by atoms with E-state index in [1.54, 1.807) is 18.2 Å². The molecule has 0 aliphatic carbocycles. The largest absolute Gasteiger partial charge is 0.301 e. The molecule has 0 saturated carbocycles. The second kappa shape index (κ2) is 3.26. The van der Waals surface area contributed by atoms with Gasteiger partial charge < -0.3 is 4.98 Å². The molecule has 5 heteroatoms. The second-order valence-corrected chi connectivity index (χ2v) is 3.92. The molecule has 2 aromatic rings. The van der Waals surface area contributed by atoms with Crippen molar-refractivity contribution in [3.8, 4) is 0 Å². The van der Waals surface area contributed by atoms with Gasteiger partial charge in [-0.05, 0) is 34.7 Å². The van der Waals surface area contributed by atoms with Crippen molar-refractivity contribution in [1.82, 2.24) is 9.97 Å². The summed E-state index contributed by atoms with van der Waals surface area (Å²) >= 11 is 7.83. The Hall–Kier alpha value is -0.620. The SMILES string of the molecule is O=c1[nH]c(I)nc2c(Cl)cccc12. The van der Waals surface area contributed by atoms with Gasteiger partial charge in [-0.2, -0.15) is 0 Å². The van der Waals surface area contributed by atoms with Crippen LogP contribution in [0.3, 0.4) is 0 Å². The van der Waals surface area contributed by atoms with Crippen molar-refractivity contribution in [2.75, 3.05) is 0 Å². The fraction of sp³-hybridized carbons (Fsp3) is 0. The average Bonchev–Trinajstić information content (AvgIpc) is 2.07. The normalized spacial score (nSPS) is 10.6. The van der Waals surface area contributed by atoms with E-state index < -0.39 is 0 Å². The standard InChI is InChI=1S/C8H4ClIN2O/c9-5-3-1-2-4-6(5)11-8(10)12-7(4)13/h1-3H,(H,11,12,13). The molecule has 0 aliphatic heterocycles. The van der Waals surface area contributed by atoms with Crippen LogP contribution in [0.1, 0.15) is 0 Å². The van der Waals surface area contributed by atoms with Gasteiger partial charge in [0.25, 0.3) is 5.56 Å². The first-order chi connectivity index (χ1) is 6.18. The Bertz CT molecular complexity index is 523. The fourth-order valence-corrected chi connectivity index (χ4v) is 1.80. The monoisotopic (exact) mass is 306 g/mol. The summed E-state index contributed by atoms with van der Waals surface area (Å²) in [5, 5.41) is 1.02. The summed E-state index contributed by atoms with van der Waals surface area (Å²) in [4.78, 5) is 18.1. The highest BCUT2D eigenvalue weighted by atomic mass is 127. The molecule has 0 aliphatic rings. The summed E-state index contributed by atoms with van der Waals surface area (Å²) in [5.41, 5.74) is 0.397. The van der Waals surface area contributed by atoms with Crippen LogP contribution in [0.5, 0.6) is 0 Å². The Morgan fingerprint density at radius 2 is 2.23 bits per heavy atom. The summed E-state index contributed by atoms with van der Waals surface area (Å²) in [7, 11) is 0. The third-order valence-corrected chi connectivity index (χ3v) is 2.47. The van der Waals surface area contributed by atoms with Gasteiger partial charge in [0.15, 0.2) is 3.83 Å². The number of nitrogens with zero attached hydrogens (tertiary/aromatic N) is 1. The van der Waals surface area contributed by atoms with Crippen LogP contribution < -0.4 is 5.56 Å². The maximum atomic E-state index is 11.4. The topological polar surface area (TPSA) is 45.8 Å². The number of H-pyrrole nitrogens is 1. The predicted molar refractivity (Wildman–Crippen MR) is 60.1 cm³/mol. The van der Waals surface area contributed by atoms with Crippen LogP contribution in [0.15, 0.2) is 23.0 Å². The average molecular weight is 306 g/mol. The third kappa shape index (κ3) is 1.55. The molecule has 1 heterocycles. The number of hydrogen-bond donors (Lipinski definition) is 1. The Balaban J connectivity index is 3.03. The van der Waals surface area contributed by atoms with Gasteiger partial charge in [0.2, 0.25) is 0 Å². The number of para-hydroxylation sites is 1. The Kier molecular flexibility index (Phi) is 2.25. The molecule has 0 bridgehead atoms. The smallest absolute Gasteiger partial charge is 0.259 e. The molecule has 1 aromatic heterocycles. The van der Waals surface area contributed by atoms with Crippen molar-refractivity contribution in [2.24, 2.45) is 0 Å². The van der Waals surface area contributed by atoms with Gasteiger partial charge in [-0.3, -0.25) is 4.79 Å². The lowest BCUT2D eigenvalue weighted by Gasteiger charge is -1.98. The number of halogens is 2. The van der Waals surface area contributed by atoms with Crippen molar-refractivity contribution in [3.63, 3.8) is 0 Å². The summed E-state index contributed by atoms with van der Waals surface area (Å²) < 4.78 is 0.545. The van der Waals surface area contributed by atoms with Crippen molar-refractivity contribution >= 4 is 45.1 Å². The molecular formula is C8H4ClIN2O. The summed E-state index contributed by atoms with van der Waals surface area (Å²) in [6.07, 6.45) is 0. The zero-order valence-electron chi connectivity index (χ0n) is 6.34. The molecule has 0 amide bonds. The molecule has 0 unspecified atom stereocenters. The lowest BCUT2D eigenvalue weighted by atomic mass is 10.2. The van der Waals surface area contributed by atoms with Gasteiger partial charge >= 0.3 is 0 Å². The molecule has 13 heavy (non-hydrogen) atoms. The van der Waals surface area contributed by atoms with Crippen LogP contribution in [-0.2, 0) is 0 Å². The first-order valence-electron chi connectivity index (χ1n) is 3.52. The number of aromatic nitrogens is 2. The molecule has 0 fully saturated rings. The zero-order valence-corrected chi connectivity index (χ0v) is 9.26. The van der Waals surface area contributed by atoms with Crippen LogP contribution in [0.4, 0.5) is 0 Å². The van der Waals surface area contributed by atoms with Crippen molar-refractivity contribution in [2.45, 2.75) is 0 Å². The minimum absolute atomic E-state index is 0.156. The number of fused-ring (bicyclic) bond motifs is 1. The van der Waals surface area contributed by atoms with E-state index in [4.69, 9.17) is 11.6 Å². The van der Waals surface area contributed by atoms with Crippen LogP contribution in [-0.4, -0.2) is 9.97 Å². The zero-order chi connectivity index (χ0) is 9.42. The van der Waals surface area contributed by atoms with Crippen LogP contribution in [0.2, 0.25) is 5.02 Å². The van der Waals surface area contributed by atoms with Crippen LogP contribution in [0, 0.1) is 3.83 Å². The molecule has 2 rings (SSSR count). The molecule has 0 spiro atoms. The van der Waals surface area contributed by atoms with Crippen molar-refractivity contribution in [3.05, 3.63) is 37.4 Å². The fourth-order valence-electron chi connectivity index (χ4n) is 1.10. The van der Waals surface area contributed by atoms with Gasteiger partial charge in [0, 0.05) is 0 Å². The van der Waals surface area contributed by atoms with Gasteiger partial charge in [0.1, 0.15) is 0 Å². The lowest BCUT2D eigenvalue weighted by Crippen LogP contribution is -2.09. The van der Waals surface area contributed by atoms with E-state index in [-0.39, 0.29) is 5.56 Å². The Morgan fingerprint density at radius 1 is 1.46 bits per heavy atom. The highest BCUT2D eigenvalue weighted by Gasteiger charge is 2.04. The van der Waals surface area contributed by atoms with E-state index in [9.17, 15) is 4.79 Å². The number of rotatable bonds is 0. The Labute approximate surface area is 92.3 Å². The minimum atomic E-state index is -0.156. The molecule has 3 nitrogen and oxygen atoms in total. The highest BCUT2D eigenvalue weighted by Crippen LogP contribution is 2.18. The van der Waals surface area contributed by atoms with Crippen molar-refractivity contribution in [1.29, 1.82) is 0 Å². The van der Waals surface area contributed by atoms with Gasteiger partial charge in [-0.1, -0.05) is 17.7 Å². The van der Waals surface area contributed by atoms with E-state index in [0.29, 0.717) is 19.8 Å². The first-order valence-corrected chi connectivity index (χ1v) is 4.98. The maximum Gasteiger partial charge on any atom is 0.259 e. The molecule has 0 atom stereocenters. The van der Waals surface area contributed by atoms with E-state index in [0.717, 1.165) is 0 Å². The lowest BCUT2D eigenvalue weighted by molar-refractivity contribution is 1.11. The van der Waals surface area contributed by atoms with Gasteiger partial charge in [0.05, 0.1) is 15.9 Å². The number of benzene rings is 1. The number of hydrogen-bond acceptors (Lipinski definition) is 2.